The standard InChI is InChI=1S/C12H10N4O2/c17-11-6-10-15-14-9(7-16(10)12(18)13-11)8-4-2-1-3-5-8/h1-6,15H,7H2,(H,13,17,18). The van der Waals surface area contributed by atoms with Crippen LogP contribution in [0, 0.1) is 0 Å². The molecule has 0 amide bonds. The van der Waals surface area contributed by atoms with Crippen LogP contribution in [0.4, 0.5) is 5.82 Å². The van der Waals surface area contributed by atoms with Crippen LogP contribution in [-0.2, 0) is 6.54 Å². The number of nitrogens with zero attached hydrogens (tertiary/aromatic N) is 2. The maximum Gasteiger partial charge on any atom is 0.330 e. The van der Waals surface area contributed by atoms with Crippen LogP contribution in [0.1, 0.15) is 5.56 Å². The fourth-order valence-electron chi connectivity index (χ4n) is 1.87. The second-order valence-corrected chi connectivity index (χ2v) is 3.95. The summed E-state index contributed by atoms with van der Waals surface area (Å²) < 4.78 is 1.44. The van der Waals surface area contributed by atoms with Gasteiger partial charge in [-0.3, -0.25) is 19.8 Å². The lowest BCUT2D eigenvalue weighted by Crippen LogP contribution is -2.36. The molecule has 18 heavy (non-hydrogen) atoms. The van der Waals surface area contributed by atoms with Gasteiger partial charge in [0.1, 0.15) is 5.82 Å². The van der Waals surface area contributed by atoms with Crippen LogP contribution < -0.4 is 16.7 Å². The minimum Gasteiger partial charge on any atom is -0.274 e. The Morgan fingerprint density at radius 3 is 2.72 bits per heavy atom. The van der Waals surface area contributed by atoms with Gasteiger partial charge in [-0.1, -0.05) is 30.3 Å². The van der Waals surface area contributed by atoms with Crippen LogP contribution >= 0.6 is 0 Å². The summed E-state index contributed by atoms with van der Waals surface area (Å²) in [7, 11) is 0. The highest BCUT2D eigenvalue weighted by molar-refractivity contribution is 6.01. The smallest absolute Gasteiger partial charge is 0.274 e. The van der Waals surface area contributed by atoms with Gasteiger partial charge in [0.15, 0.2) is 0 Å². The van der Waals surface area contributed by atoms with Crippen LogP contribution in [0.15, 0.2) is 51.1 Å². The molecule has 0 bridgehead atoms. The fraction of sp³-hybridized carbons (Fsp3) is 0.0833. The largest absolute Gasteiger partial charge is 0.330 e. The van der Waals surface area contributed by atoms with E-state index in [1.165, 1.54) is 10.6 Å². The Balaban J connectivity index is 2.05. The van der Waals surface area contributed by atoms with Crippen LogP contribution in [0.3, 0.4) is 0 Å². The van der Waals surface area contributed by atoms with E-state index in [0.717, 1.165) is 11.3 Å². The molecule has 0 aliphatic carbocycles. The molecule has 0 radical (unpaired) electrons. The summed E-state index contributed by atoms with van der Waals surface area (Å²) in [5.41, 5.74) is 3.54. The molecule has 2 heterocycles. The highest BCUT2D eigenvalue weighted by Crippen LogP contribution is 2.11. The number of aromatic amines is 1. The number of benzene rings is 1. The molecule has 0 spiro atoms. The molecule has 2 N–H and O–H groups in total. The third-order valence-electron chi connectivity index (χ3n) is 2.75. The minimum atomic E-state index is -0.437. The van der Waals surface area contributed by atoms with Gasteiger partial charge in [-0.05, 0) is 5.56 Å². The Kier molecular flexibility index (Phi) is 2.33. The van der Waals surface area contributed by atoms with Gasteiger partial charge < -0.3 is 0 Å². The average Bonchev–Trinajstić information content (AvgIpc) is 2.39. The highest BCUT2D eigenvalue weighted by Gasteiger charge is 2.14. The first-order chi connectivity index (χ1) is 8.74. The van der Waals surface area contributed by atoms with Crippen molar-refractivity contribution in [1.29, 1.82) is 0 Å². The van der Waals surface area contributed by atoms with E-state index in [1.54, 1.807) is 0 Å². The summed E-state index contributed by atoms with van der Waals surface area (Å²) in [6.45, 7) is 0.335. The van der Waals surface area contributed by atoms with Crippen molar-refractivity contribution >= 4 is 11.5 Å². The molecule has 1 aromatic carbocycles. The number of rotatable bonds is 1. The Morgan fingerprint density at radius 2 is 1.94 bits per heavy atom. The van der Waals surface area contributed by atoms with Crippen molar-refractivity contribution in [3.05, 3.63) is 62.8 Å². The summed E-state index contributed by atoms with van der Waals surface area (Å²) in [6, 6.07) is 10.9. The van der Waals surface area contributed by atoms with Crippen LogP contribution in [-0.4, -0.2) is 15.3 Å². The van der Waals surface area contributed by atoms with Crippen molar-refractivity contribution in [2.75, 3.05) is 5.43 Å². The predicted octanol–water partition coefficient (Wildman–Crippen LogP) is 0.366. The molecule has 1 aliphatic rings. The molecule has 1 aromatic heterocycles. The number of H-pyrrole nitrogens is 1. The van der Waals surface area contributed by atoms with Gasteiger partial charge in [-0.15, -0.1) is 0 Å². The Hall–Kier alpha value is -2.63. The van der Waals surface area contributed by atoms with E-state index in [-0.39, 0.29) is 0 Å². The van der Waals surface area contributed by atoms with Gasteiger partial charge in [0.05, 0.1) is 12.3 Å². The van der Waals surface area contributed by atoms with E-state index in [9.17, 15) is 9.59 Å². The minimum absolute atomic E-state index is 0.335. The van der Waals surface area contributed by atoms with Crippen molar-refractivity contribution in [1.82, 2.24) is 9.55 Å². The molecule has 0 saturated heterocycles. The zero-order valence-electron chi connectivity index (χ0n) is 9.38. The third-order valence-corrected chi connectivity index (χ3v) is 2.75. The van der Waals surface area contributed by atoms with E-state index in [4.69, 9.17) is 0 Å². The van der Waals surface area contributed by atoms with Gasteiger partial charge in [0.25, 0.3) is 5.56 Å². The number of hydrogen-bond donors (Lipinski definition) is 2. The maximum atomic E-state index is 11.7. The molecule has 2 aromatic rings. The van der Waals surface area contributed by atoms with Gasteiger partial charge in [-0.2, -0.15) is 5.10 Å². The first-order valence-electron chi connectivity index (χ1n) is 5.46. The van der Waals surface area contributed by atoms with E-state index in [2.05, 4.69) is 15.5 Å². The second-order valence-electron chi connectivity index (χ2n) is 3.95. The first kappa shape index (κ1) is 10.5. The number of hydrazone groups is 1. The molecule has 0 saturated carbocycles. The molecule has 3 rings (SSSR count). The number of aromatic nitrogens is 2. The van der Waals surface area contributed by atoms with Crippen LogP contribution in [0.2, 0.25) is 0 Å². The Labute approximate surface area is 102 Å². The van der Waals surface area contributed by atoms with Gasteiger partial charge in [0.2, 0.25) is 0 Å². The molecule has 6 nitrogen and oxygen atoms in total. The van der Waals surface area contributed by atoms with Crippen molar-refractivity contribution in [3.8, 4) is 0 Å². The first-order valence-corrected chi connectivity index (χ1v) is 5.46. The lowest BCUT2D eigenvalue weighted by molar-refractivity contribution is 0.746. The van der Waals surface area contributed by atoms with Crippen molar-refractivity contribution in [3.63, 3.8) is 0 Å². The topological polar surface area (TPSA) is 79.2 Å². The highest BCUT2D eigenvalue weighted by atomic mass is 16.2. The van der Waals surface area contributed by atoms with Gasteiger partial charge in [-0.25, -0.2) is 4.79 Å². The van der Waals surface area contributed by atoms with Gasteiger partial charge in [0, 0.05) is 6.07 Å². The number of anilines is 1. The summed E-state index contributed by atoms with van der Waals surface area (Å²) >= 11 is 0. The van der Waals surface area contributed by atoms with Crippen molar-refractivity contribution in [2.45, 2.75) is 6.54 Å². The lowest BCUT2D eigenvalue weighted by atomic mass is 10.1. The number of nitrogens with one attached hydrogen (secondary N) is 2. The molecule has 6 heteroatoms. The average molecular weight is 242 g/mol. The monoisotopic (exact) mass is 242 g/mol. The number of hydrogen-bond acceptors (Lipinski definition) is 4. The van der Waals surface area contributed by atoms with E-state index in [1.807, 2.05) is 30.3 Å². The summed E-state index contributed by atoms with van der Waals surface area (Å²) in [5.74, 6) is 0.406. The summed E-state index contributed by atoms with van der Waals surface area (Å²) in [6.07, 6.45) is 0. The quantitative estimate of drug-likeness (QED) is 0.758. The van der Waals surface area contributed by atoms with Crippen LogP contribution in [0.5, 0.6) is 0 Å². The zero-order valence-corrected chi connectivity index (χ0v) is 9.38. The second kappa shape index (κ2) is 3.99. The normalized spacial score (nSPS) is 13.4. The van der Waals surface area contributed by atoms with Crippen molar-refractivity contribution in [2.24, 2.45) is 5.10 Å². The molecule has 0 atom stereocenters. The predicted molar refractivity (Wildman–Crippen MR) is 67.9 cm³/mol. The molecular formula is C12H10N4O2. The summed E-state index contributed by atoms with van der Waals surface area (Å²) in [4.78, 5) is 25.1. The Morgan fingerprint density at radius 1 is 1.17 bits per heavy atom. The molecular weight excluding hydrogens is 232 g/mol. The number of fused-ring (bicyclic) bond motifs is 1. The SMILES string of the molecule is O=c1cc2n(c(=O)[nH]1)CC(c1ccccc1)=NN2. The van der Waals surface area contributed by atoms with Crippen LogP contribution in [0.25, 0.3) is 0 Å². The van der Waals surface area contributed by atoms with E-state index < -0.39 is 11.2 Å². The summed E-state index contributed by atoms with van der Waals surface area (Å²) in [5, 5.41) is 4.18. The fourth-order valence-corrected chi connectivity index (χ4v) is 1.87. The maximum absolute atomic E-state index is 11.7. The van der Waals surface area contributed by atoms with E-state index >= 15 is 0 Å². The molecule has 0 unspecified atom stereocenters. The Bertz CT molecular complexity index is 728. The molecule has 1 aliphatic heterocycles. The van der Waals surface area contributed by atoms with Crippen molar-refractivity contribution < 1.29 is 0 Å². The van der Waals surface area contributed by atoms with Gasteiger partial charge >= 0.3 is 5.69 Å². The lowest BCUT2D eigenvalue weighted by Gasteiger charge is -2.18. The third kappa shape index (κ3) is 1.73. The molecule has 90 valence electrons. The molecule has 0 fully saturated rings. The zero-order chi connectivity index (χ0) is 12.5. The van der Waals surface area contributed by atoms with E-state index in [0.29, 0.717) is 12.4 Å².